The summed E-state index contributed by atoms with van der Waals surface area (Å²) in [6, 6.07) is 5.72. The summed E-state index contributed by atoms with van der Waals surface area (Å²) >= 11 is 0. The van der Waals surface area contributed by atoms with Gasteiger partial charge in [-0.25, -0.2) is 13.8 Å². The van der Waals surface area contributed by atoms with Crippen LogP contribution in [0.1, 0.15) is 0 Å². The quantitative estimate of drug-likeness (QED) is 0.660. The van der Waals surface area contributed by atoms with Crippen molar-refractivity contribution >= 4 is 11.0 Å². The van der Waals surface area contributed by atoms with Crippen molar-refractivity contribution in [1.29, 1.82) is 0 Å². The molecular weight excluding hydrogens is 236 g/mol. The number of halogens is 2. The summed E-state index contributed by atoms with van der Waals surface area (Å²) in [4.78, 5) is 8.09. The molecule has 0 atom stereocenters. The fourth-order valence-electron chi connectivity index (χ4n) is 1.97. The molecule has 0 aliphatic heterocycles. The van der Waals surface area contributed by atoms with Crippen LogP contribution < -0.4 is 0 Å². The summed E-state index contributed by atoms with van der Waals surface area (Å²) in [5.74, 6) is -0.210. The summed E-state index contributed by atoms with van der Waals surface area (Å²) in [6.07, 6.45) is 2.66. The van der Waals surface area contributed by atoms with Crippen molar-refractivity contribution in [1.82, 2.24) is 14.5 Å². The Morgan fingerprint density at radius 1 is 1.06 bits per heavy atom. The minimum Gasteiger partial charge on any atom is -0.327 e. The zero-order valence-electron chi connectivity index (χ0n) is 9.56. The molecule has 18 heavy (non-hydrogen) atoms. The van der Waals surface area contributed by atoms with Crippen LogP contribution in [0, 0.1) is 11.6 Å². The molecule has 0 saturated carbocycles. The standard InChI is InChI=1S/C13H9F2N3/c1-18-12-3-2-9(14)5-11(12)17-13(18)8-4-10(15)7-16-6-8/h2-7H,1H3. The third kappa shape index (κ3) is 1.64. The molecule has 3 aromatic rings. The molecule has 90 valence electrons. The van der Waals surface area contributed by atoms with E-state index in [1.807, 2.05) is 0 Å². The maximum absolute atomic E-state index is 13.1. The number of aryl methyl sites for hydroxylation is 1. The fourth-order valence-corrected chi connectivity index (χ4v) is 1.97. The van der Waals surface area contributed by atoms with E-state index in [2.05, 4.69) is 9.97 Å². The minimum absolute atomic E-state index is 0.343. The number of rotatable bonds is 1. The molecule has 0 fully saturated rings. The van der Waals surface area contributed by atoms with Crippen LogP contribution in [0.2, 0.25) is 0 Å². The molecule has 1 aromatic carbocycles. The first kappa shape index (κ1) is 10.8. The van der Waals surface area contributed by atoms with Gasteiger partial charge >= 0.3 is 0 Å². The Hall–Kier alpha value is -2.30. The lowest BCUT2D eigenvalue weighted by Gasteiger charge is -2.01. The molecule has 0 unspecified atom stereocenters. The Labute approximate surface area is 102 Å². The van der Waals surface area contributed by atoms with E-state index in [1.165, 1.54) is 24.4 Å². The van der Waals surface area contributed by atoms with Gasteiger partial charge in [0.15, 0.2) is 0 Å². The van der Waals surface area contributed by atoms with E-state index in [1.54, 1.807) is 17.7 Å². The molecule has 0 spiro atoms. The molecule has 2 aromatic heterocycles. The second-order valence-electron chi connectivity index (χ2n) is 4.02. The van der Waals surface area contributed by atoms with Gasteiger partial charge in [0, 0.05) is 24.9 Å². The number of hydrogen-bond donors (Lipinski definition) is 0. The van der Waals surface area contributed by atoms with Crippen LogP contribution in [-0.4, -0.2) is 14.5 Å². The smallest absolute Gasteiger partial charge is 0.142 e. The van der Waals surface area contributed by atoms with Crippen LogP contribution in [0.25, 0.3) is 22.4 Å². The monoisotopic (exact) mass is 245 g/mol. The molecule has 5 heteroatoms. The van der Waals surface area contributed by atoms with E-state index < -0.39 is 5.82 Å². The number of pyridine rings is 1. The zero-order chi connectivity index (χ0) is 12.7. The van der Waals surface area contributed by atoms with Gasteiger partial charge in [-0.2, -0.15) is 0 Å². The van der Waals surface area contributed by atoms with Crippen molar-refractivity contribution in [2.24, 2.45) is 7.05 Å². The molecule has 0 N–H and O–H groups in total. The maximum atomic E-state index is 13.1. The molecule has 3 rings (SSSR count). The van der Waals surface area contributed by atoms with E-state index in [9.17, 15) is 8.78 Å². The van der Waals surface area contributed by atoms with Crippen LogP contribution in [0.3, 0.4) is 0 Å². The van der Waals surface area contributed by atoms with Crippen LogP contribution in [0.4, 0.5) is 8.78 Å². The highest BCUT2D eigenvalue weighted by Gasteiger charge is 2.11. The lowest BCUT2D eigenvalue weighted by molar-refractivity contribution is 0.621. The summed E-state index contributed by atoms with van der Waals surface area (Å²) in [7, 11) is 1.80. The summed E-state index contributed by atoms with van der Waals surface area (Å²) in [5, 5.41) is 0. The van der Waals surface area contributed by atoms with Crippen molar-refractivity contribution in [2.75, 3.05) is 0 Å². The van der Waals surface area contributed by atoms with Crippen molar-refractivity contribution in [3.63, 3.8) is 0 Å². The topological polar surface area (TPSA) is 30.7 Å². The number of fused-ring (bicyclic) bond motifs is 1. The van der Waals surface area contributed by atoms with Crippen LogP contribution >= 0.6 is 0 Å². The van der Waals surface area contributed by atoms with Gasteiger partial charge in [0.2, 0.25) is 0 Å². The average molecular weight is 245 g/mol. The van der Waals surface area contributed by atoms with Crippen molar-refractivity contribution in [3.8, 4) is 11.4 Å². The molecule has 0 saturated heterocycles. The van der Waals surface area contributed by atoms with Crippen molar-refractivity contribution in [2.45, 2.75) is 0 Å². The van der Waals surface area contributed by atoms with Crippen LogP contribution in [0.5, 0.6) is 0 Å². The summed E-state index contributed by atoms with van der Waals surface area (Å²) in [6.45, 7) is 0. The Bertz CT molecular complexity index is 734. The van der Waals surface area contributed by atoms with Crippen molar-refractivity contribution < 1.29 is 8.78 Å². The zero-order valence-corrected chi connectivity index (χ0v) is 9.56. The molecule has 3 nitrogen and oxygen atoms in total. The second kappa shape index (κ2) is 3.87. The highest BCUT2D eigenvalue weighted by molar-refractivity contribution is 5.80. The van der Waals surface area contributed by atoms with E-state index in [-0.39, 0.29) is 5.82 Å². The molecule has 0 amide bonds. The SMILES string of the molecule is Cn1c(-c2cncc(F)c2)nc2cc(F)ccc21. The number of benzene rings is 1. The molecule has 2 heterocycles. The van der Waals surface area contributed by atoms with Gasteiger partial charge < -0.3 is 4.57 Å². The largest absolute Gasteiger partial charge is 0.327 e. The third-order valence-electron chi connectivity index (χ3n) is 2.81. The fraction of sp³-hybridized carbons (Fsp3) is 0.0769. The van der Waals surface area contributed by atoms with Gasteiger partial charge in [-0.15, -0.1) is 0 Å². The van der Waals surface area contributed by atoms with Gasteiger partial charge in [-0.1, -0.05) is 0 Å². The molecule has 0 bridgehead atoms. The van der Waals surface area contributed by atoms with Gasteiger partial charge in [0.1, 0.15) is 17.5 Å². The minimum atomic E-state index is -0.425. The van der Waals surface area contributed by atoms with E-state index in [0.29, 0.717) is 16.9 Å². The molecular formula is C13H9F2N3. The summed E-state index contributed by atoms with van der Waals surface area (Å²) in [5.41, 5.74) is 1.89. The Morgan fingerprint density at radius 2 is 1.89 bits per heavy atom. The Kier molecular flexibility index (Phi) is 2.33. The van der Waals surface area contributed by atoms with Crippen molar-refractivity contribution in [3.05, 3.63) is 48.3 Å². The Morgan fingerprint density at radius 3 is 2.67 bits per heavy atom. The highest BCUT2D eigenvalue weighted by atomic mass is 19.1. The van der Waals surface area contributed by atoms with Gasteiger partial charge in [0.05, 0.1) is 17.2 Å². The number of nitrogens with zero attached hydrogens (tertiary/aromatic N) is 3. The highest BCUT2D eigenvalue weighted by Crippen LogP contribution is 2.23. The molecule has 0 aliphatic carbocycles. The predicted molar refractivity (Wildman–Crippen MR) is 63.9 cm³/mol. The lowest BCUT2D eigenvalue weighted by atomic mass is 10.2. The van der Waals surface area contributed by atoms with E-state index >= 15 is 0 Å². The Balaban J connectivity index is 2.27. The van der Waals surface area contributed by atoms with Crippen LogP contribution in [0.15, 0.2) is 36.7 Å². The lowest BCUT2D eigenvalue weighted by Crippen LogP contribution is -1.93. The average Bonchev–Trinajstić information content (AvgIpc) is 2.66. The number of hydrogen-bond acceptors (Lipinski definition) is 2. The van der Waals surface area contributed by atoms with Crippen LogP contribution in [-0.2, 0) is 7.05 Å². The normalized spacial score (nSPS) is 11.1. The first-order valence-electron chi connectivity index (χ1n) is 5.38. The first-order chi connectivity index (χ1) is 8.65. The number of imidazole rings is 1. The van der Waals surface area contributed by atoms with Gasteiger partial charge in [-0.3, -0.25) is 4.98 Å². The van der Waals surface area contributed by atoms with E-state index in [4.69, 9.17) is 0 Å². The van der Waals surface area contributed by atoms with Gasteiger partial charge in [0.25, 0.3) is 0 Å². The number of aromatic nitrogens is 3. The molecule has 0 radical (unpaired) electrons. The summed E-state index contributed by atoms with van der Waals surface area (Å²) < 4.78 is 28.1. The van der Waals surface area contributed by atoms with E-state index in [0.717, 1.165) is 11.7 Å². The predicted octanol–water partition coefficient (Wildman–Crippen LogP) is 2.91. The third-order valence-corrected chi connectivity index (χ3v) is 2.81. The van der Waals surface area contributed by atoms with Gasteiger partial charge in [-0.05, 0) is 18.2 Å². The maximum Gasteiger partial charge on any atom is 0.142 e. The first-order valence-corrected chi connectivity index (χ1v) is 5.38. The second-order valence-corrected chi connectivity index (χ2v) is 4.02. The molecule has 0 aliphatic rings.